The number of rotatable bonds is 9. The minimum Gasteiger partial charge on any atom is -0.484 e. The van der Waals surface area contributed by atoms with Crippen LogP contribution in [0, 0.1) is 5.92 Å². The van der Waals surface area contributed by atoms with Crippen molar-refractivity contribution in [1.29, 1.82) is 0 Å². The van der Waals surface area contributed by atoms with E-state index < -0.39 is 6.04 Å². The summed E-state index contributed by atoms with van der Waals surface area (Å²) in [6.45, 7) is 3.53. The van der Waals surface area contributed by atoms with Crippen molar-refractivity contribution in [2.45, 2.75) is 19.9 Å². The van der Waals surface area contributed by atoms with Gasteiger partial charge in [-0.2, -0.15) is 5.10 Å². The zero-order valence-corrected chi connectivity index (χ0v) is 18.2. The minimum atomic E-state index is -0.724. The highest BCUT2D eigenvalue weighted by atomic mass is 16.5. The van der Waals surface area contributed by atoms with Crippen LogP contribution in [0.5, 0.6) is 5.75 Å². The number of nitrogens with zero attached hydrogens (tertiary/aromatic N) is 1. The molecule has 2 N–H and O–H groups in total. The van der Waals surface area contributed by atoms with Gasteiger partial charge < -0.3 is 10.1 Å². The van der Waals surface area contributed by atoms with Crippen molar-refractivity contribution in [3.8, 4) is 5.75 Å². The standard InChI is InChI=1S/C26H27N3O3/c1-19(2)25(26(31)29-27-16-8-11-20-9-4-3-5-10-20)28-24(30)18-32-23-15-14-21-12-6-7-13-22(21)17-23/h3-17,19,25H,18H2,1-2H3,(H,28,30)(H,29,31)/b11-8+,27-16-/t25-/m1/s1. The summed E-state index contributed by atoms with van der Waals surface area (Å²) in [6.07, 6.45) is 5.10. The smallest absolute Gasteiger partial charge is 0.262 e. The van der Waals surface area contributed by atoms with Gasteiger partial charge in [0.1, 0.15) is 11.8 Å². The van der Waals surface area contributed by atoms with E-state index >= 15 is 0 Å². The van der Waals surface area contributed by atoms with Gasteiger partial charge in [0.15, 0.2) is 6.61 Å². The Morgan fingerprint density at radius 1 is 0.969 bits per heavy atom. The first-order chi connectivity index (χ1) is 15.5. The van der Waals surface area contributed by atoms with Crippen molar-refractivity contribution in [1.82, 2.24) is 10.7 Å². The zero-order valence-electron chi connectivity index (χ0n) is 18.2. The maximum absolute atomic E-state index is 12.5. The number of ether oxygens (including phenoxy) is 1. The molecule has 164 valence electrons. The van der Waals surface area contributed by atoms with Crippen molar-refractivity contribution in [3.63, 3.8) is 0 Å². The van der Waals surface area contributed by atoms with E-state index in [2.05, 4.69) is 15.8 Å². The molecule has 6 nitrogen and oxygen atoms in total. The Labute approximate surface area is 188 Å². The first-order valence-electron chi connectivity index (χ1n) is 10.5. The van der Waals surface area contributed by atoms with Crippen molar-refractivity contribution in [2.24, 2.45) is 11.0 Å². The van der Waals surface area contributed by atoms with Crippen molar-refractivity contribution < 1.29 is 14.3 Å². The van der Waals surface area contributed by atoms with Crippen LogP contribution in [0.4, 0.5) is 0 Å². The number of amides is 2. The molecule has 0 spiro atoms. The predicted octanol–water partition coefficient (Wildman–Crippen LogP) is 4.17. The molecule has 0 aliphatic rings. The molecule has 0 bridgehead atoms. The van der Waals surface area contributed by atoms with Gasteiger partial charge in [-0.3, -0.25) is 9.59 Å². The van der Waals surface area contributed by atoms with Gasteiger partial charge in [-0.05, 0) is 40.5 Å². The summed E-state index contributed by atoms with van der Waals surface area (Å²) in [7, 11) is 0. The van der Waals surface area contributed by atoms with Crippen LogP contribution in [0.2, 0.25) is 0 Å². The molecule has 0 saturated carbocycles. The van der Waals surface area contributed by atoms with Crippen LogP contribution in [-0.2, 0) is 9.59 Å². The molecule has 0 aliphatic carbocycles. The molecule has 3 aromatic rings. The molecule has 0 aliphatic heterocycles. The van der Waals surface area contributed by atoms with E-state index in [9.17, 15) is 9.59 Å². The Morgan fingerprint density at radius 2 is 1.69 bits per heavy atom. The second-order valence-corrected chi connectivity index (χ2v) is 7.61. The molecule has 0 heterocycles. The Morgan fingerprint density at radius 3 is 2.44 bits per heavy atom. The van der Waals surface area contributed by atoms with Gasteiger partial charge in [-0.25, -0.2) is 5.43 Å². The van der Waals surface area contributed by atoms with E-state index in [4.69, 9.17) is 4.74 Å². The lowest BCUT2D eigenvalue weighted by molar-refractivity contribution is -0.131. The Kier molecular flexibility index (Phi) is 8.15. The average molecular weight is 430 g/mol. The highest BCUT2D eigenvalue weighted by molar-refractivity contribution is 5.89. The first-order valence-corrected chi connectivity index (χ1v) is 10.5. The van der Waals surface area contributed by atoms with Crippen LogP contribution in [0.1, 0.15) is 19.4 Å². The minimum absolute atomic E-state index is 0.116. The number of benzene rings is 3. The summed E-state index contributed by atoms with van der Waals surface area (Å²) >= 11 is 0. The van der Waals surface area contributed by atoms with E-state index in [0.717, 1.165) is 16.3 Å². The molecule has 0 fully saturated rings. The van der Waals surface area contributed by atoms with Crippen molar-refractivity contribution in [2.75, 3.05) is 6.61 Å². The van der Waals surface area contributed by atoms with E-state index in [1.807, 2.05) is 92.7 Å². The van der Waals surface area contributed by atoms with Gasteiger partial charge in [0.2, 0.25) is 0 Å². The zero-order chi connectivity index (χ0) is 22.8. The van der Waals surface area contributed by atoms with Crippen LogP contribution in [0.25, 0.3) is 16.8 Å². The highest BCUT2D eigenvalue weighted by Gasteiger charge is 2.24. The van der Waals surface area contributed by atoms with Crippen molar-refractivity contribution >= 4 is 34.9 Å². The molecule has 0 saturated heterocycles. The normalized spacial score (nSPS) is 12.3. The van der Waals surface area contributed by atoms with E-state index in [1.165, 1.54) is 6.21 Å². The number of hydrogen-bond acceptors (Lipinski definition) is 4. The van der Waals surface area contributed by atoms with Gasteiger partial charge in [-0.15, -0.1) is 0 Å². The van der Waals surface area contributed by atoms with Crippen LogP contribution < -0.4 is 15.5 Å². The van der Waals surface area contributed by atoms with Gasteiger partial charge in [0.05, 0.1) is 0 Å². The monoisotopic (exact) mass is 429 g/mol. The van der Waals surface area contributed by atoms with E-state index in [0.29, 0.717) is 5.75 Å². The summed E-state index contributed by atoms with van der Waals surface area (Å²) in [4.78, 5) is 24.8. The van der Waals surface area contributed by atoms with E-state index in [-0.39, 0.29) is 24.3 Å². The molecule has 0 aromatic heterocycles. The number of hydrazone groups is 1. The van der Waals surface area contributed by atoms with Gasteiger partial charge in [-0.1, -0.05) is 80.6 Å². The molecule has 32 heavy (non-hydrogen) atoms. The Bertz CT molecular complexity index is 1110. The lowest BCUT2D eigenvalue weighted by Gasteiger charge is -2.20. The Hall–Kier alpha value is -3.93. The van der Waals surface area contributed by atoms with Gasteiger partial charge in [0, 0.05) is 6.21 Å². The highest BCUT2D eigenvalue weighted by Crippen LogP contribution is 2.20. The summed E-state index contributed by atoms with van der Waals surface area (Å²) in [6, 6.07) is 22.6. The summed E-state index contributed by atoms with van der Waals surface area (Å²) in [5.41, 5.74) is 3.50. The summed E-state index contributed by atoms with van der Waals surface area (Å²) in [5.74, 6) is -0.280. The molecule has 6 heteroatoms. The largest absolute Gasteiger partial charge is 0.484 e. The average Bonchev–Trinajstić information content (AvgIpc) is 2.81. The number of nitrogens with one attached hydrogen (secondary N) is 2. The quantitative estimate of drug-likeness (QED) is 0.396. The molecule has 0 unspecified atom stereocenters. The second-order valence-electron chi connectivity index (χ2n) is 7.61. The van der Waals surface area contributed by atoms with Crippen LogP contribution >= 0.6 is 0 Å². The summed E-state index contributed by atoms with van der Waals surface area (Å²) in [5, 5.41) is 8.78. The number of carbonyl (C=O) groups is 2. The van der Waals surface area contributed by atoms with Crippen LogP contribution in [0.15, 0.2) is 84.0 Å². The first kappa shape index (κ1) is 22.7. The number of fused-ring (bicyclic) bond motifs is 1. The number of carbonyl (C=O) groups excluding carboxylic acids is 2. The maximum Gasteiger partial charge on any atom is 0.262 e. The molecule has 0 radical (unpaired) electrons. The predicted molar refractivity (Wildman–Crippen MR) is 128 cm³/mol. The third-order valence-corrected chi connectivity index (χ3v) is 4.78. The molecule has 3 rings (SSSR count). The Balaban J connectivity index is 1.49. The summed E-state index contributed by atoms with van der Waals surface area (Å²) < 4.78 is 5.61. The van der Waals surface area contributed by atoms with Gasteiger partial charge >= 0.3 is 0 Å². The third-order valence-electron chi connectivity index (χ3n) is 4.78. The van der Waals surface area contributed by atoms with Gasteiger partial charge in [0.25, 0.3) is 11.8 Å². The lowest BCUT2D eigenvalue weighted by Crippen LogP contribution is -2.49. The number of allylic oxidation sites excluding steroid dienone is 1. The third kappa shape index (κ3) is 6.80. The van der Waals surface area contributed by atoms with Crippen LogP contribution in [-0.4, -0.2) is 30.7 Å². The molecule has 3 aromatic carbocycles. The molecular formula is C26H27N3O3. The van der Waals surface area contributed by atoms with Crippen molar-refractivity contribution in [3.05, 3.63) is 84.4 Å². The van der Waals surface area contributed by atoms with E-state index in [1.54, 1.807) is 6.08 Å². The lowest BCUT2D eigenvalue weighted by atomic mass is 10.0. The SMILES string of the molecule is CC(C)[C@@H](NC(=O)COc1ccc2ccccc2c1)C(=O)N/N=C\C=C\c1ccccc1. The number of hydrogen-bond donors (Lipinski definition) is 2. The fourth-order valence-corrected chi connectivity index (χ4v) is 3.09. The van der Waals surface area contributed by atoms with Crippen LogP contribution in [0.3, 0.4) is 0 Å². The second kappa shape index (κ2) is 11.5. The topological polar surface area (TPSA) is 79.8 Å². The molecule has 2 amide bonds. The molecule has 1 atom stereocenters. The fourth-order valence-electron chi connectivity index (χ4n) is 3.09. The maximum atomic E-state index is 12.5. The molecular weight excluding hydrogens is 402 g/mol. The fraction of sp³-hybridized carbons (Fsp3) is 0.192.